The number of nitro groups is 1. The number of anilines is 3. The van der Waals surface area contributed by atoms with Crippen molar-refractivity contribution >= 4 is 44.0 Å². The maximum Gasteiger partial charge on any atom is 0.353 e. The zero-order valence-electron chi connectivity index (χ0n) is 16.2. The third kappa shape index (κ3) is 4.13. The van der Waals surface area contributed by atoms with Crippen molar-refractivity contribution in [2.75, 3.05) is 17.7 Å². The van der Waals surface area contributed by atoms with Crippen molar-refractivity contribution in [3.8, 4) is 5.75 Å². The molecule has 0 bridgehead atoms. The Morgan fingerprint density at radius 2 is 1.90 bits per heavy atom. The minimum absolute atomic E-state index is 0.0861. The van der Waals surface area contributed by atoms with Crippen LogP contribution in [0.1, 0.15) is 11.1 Å². The van der Waals surface area contributed by atoms with Gasteiger partial charge in [-0.1, -0.05) is 29.5 Å². The highest BCUT2D eigenvalue weighted by Crippen LogP contribution is 2.34. The lowest BCUT2D eigenvalue weighted by Crippen LogP contribution is -2.08. The van der Waals surface area contributed by atoms with E-state index in [2.05, 4.69) is 25.6 Å². The Balaban J connectivity index is 1.59. The standard InChI is InChI=1S/C20H18N6O3S/c1-12-3-8-15-16(9-12)30-20(24-15)25-19-17(26(27)28)18(22-11-23-19)21-10-13-4-6-14(29-2)7-5-13/h3-9,11H,10H2,1-2H3,(H2,21,22,23,24,25). The molecule has 0 saturated heterocycles. The number of fused-ring (bicyclic) bond motifs is 1. The predicted octanol–water partition coefficient (Wildman–Crippen LogP) is 4.67. The number of ether oxygens (including phenoxy) is 1. The first-order valence-electron chi connectivity index (χ1n) is 9.04. The molecule has 4 aromatic rings. The van der Waals surface area contributed by atoms with E-state index in [-0.39, 0.29) is 17.3 Å². The van der Waals surface area contributed by atoms with Gasteiger partial charge in [0.2, 0.25) is 11.6 Å². The van der Waals surface area contributed by atoms with Gasteiger partial charge >= 0.3 is 5.69 Å². The number of rotatable bonds is 7. The summed E-state index contributed by atoms with van der Waals surface area (Å²) in [5.74, 6) is 0.956. The topological polar surface area (TPSA) is 115 Å². The molecule has 0 aliphatic rings. The third-order valence-electron chi connectivity index (χ3n) is 4.39. The molecule has 0 spiro atoms. The van der Waals surface area contributed by atoms with E-state index in [9.17, 15) is 10.1 Å². The summed E-state index contributed by atoms with van der Waals surface area (Å²) in [4.78, 5) is 23.9. The summed E-state index contributed by atoms with van der Waals surface area (Å²) in [6.07, 6.45) is 1.28. The summed E-state index contributed by atoms with van der Waals surface area (Å²) in [6, 6.07) is 13.3. The SMILES string of the molecule is COc1ccc(CNc2ncnc(Nc3nc4ccc(C)cc4s3)c2[N+](=O)[O-])cc1. The molecule has 2 heterocycles. The molecule has 30 heavy (non-hydrogen) atoms. The van der Waals surface area contributed by atoms with Gasteiger partial charge in [0.15, 0.2) is 5.13 Å². The highest BCUT2D eigenvalue weighted by molar-refractivity contribution is 7.22. The maximum absolute atomic E-state index is 11.8. The summed E-state index contributed by atoms with van der Waals surface area (Å²) in [7, 11) is 1.60. The van der Waals surface area contributed by atoms with Crippen molar-refractivity contribution in [3.05, 3.63) is 70.0 Å². The Hall–Kier alpha value is -3.79. The largest absolute Gasteiger partial charge is 0.497 e. The first-order chi connectivity index (χ1) is 14.5. The van der Waals surface area contributed by atoms with Crippen LogP contribution in [0.2, 0.25) is 0 Å². The average Bonchev–Trinajstić information content (AvgIpc) is 3.13. The van der Waals surface area contributed by atoms with E-state index in [0.29, 0.717) is 11.7 Å². The lowest BCUT2D eigenvalue weighted by atomic mass is 10.2. The van der Waals surface area contributed by atoms with E-state index in [1.165, 1.54) is 17.7 Å². The molecule has 10 heteroatoms. The molecule has 0 amide bonds. The van der Waals surface area contributed by atoms with Gasteiger partial charge in [-0.3, -0.25) is 10.1 Å². The summed E-state index contributed by atoms with van der Waals surface area (Å²) in [5.41, 5.74) is 2.64. The number of hydrogen-bond donors (Lipinski definition) is 2. The summed E-state index contributed by atoms with van der Waals surface area (Å²) in [5, 5.41) is 18.3. The molecule has 0 saturated carbocycles. The summed E-state index contributed by atoms with van der Waals surface area (Å²) < 4.78 is 6.13. The molecule has 0 aliphatic carbocycles. The van der Waals surface area contributed by atoms with Crippen LogP contribution in [0.4, 0.5) is 22.5 Å². The number of nitrogens with one attached hydrogen (secondary N) is 2. The number of hydrogen-bond acceptors (Lipinski definition) is 9. The van der Waals surface area contributed by atoms with Gasteiger partial charge in [0, 0.05) is 6.54 Å². The second-order valence-electron chi connectivity index (χ2n) is 6.49. The minimum Gasteiger partial charge on any atom is -0.497 e. The zero-order valence-corrected chi connectivity index (χ0v) is 17.1. The Morgan fingerprint density at radius 1 is 1.13 bits per heavy atom. The predicted molar refractivity (Wildman–Crippen MR) is 117 cm³/mol. The number of aromatic nitrogens is 3. The molecule has 0 fully saturated rings. The maximum atomic E-state index is 11.8. The Bertz CT molecular complexity index is 1210. The smallest absolute Gasteiger partial charge is 0.353 e. The molecule has 2 N–H and O–H groups in total. The van der Waals surface area contributed by atoms with Crippen LogP contribution in [0, 0.1) is 17.0 Å². The molecule has 152 valence electrons. The van der Waals surface area contributed by atoms with E-state index >= 15 is 0 Å². The van der Waals surface area contributed by atoms with Gasteiger partial charge in [0.25, 0.3) is 0 Å². The molecule has 2 aromatic heterocycles. The van der Waals surface area contributed by atoms with Crippen molar-refractivity contribution in [2.24, 2.45) is 0 Å². The molecule has 0 aliphatic heterocycles. The third-order valence-corrected chi connectivity index (χ3v) is 5.33. The fourth-order valence-corrected chi connectivity index (χ4v) is 3.85. The molecular formula is C20H18N6O3S. The number of nitrogens with zero attached hydrogens (tertiary/aromatic N) is 4. The van der Waals surface area contributed by atoms with E-state index in [1.54, 1.807) is 7.11 Å². The van der Waals surface area contributed by atoms with Crippen LogP contribution in [0.5, 0.6) is 5.75 Å². The van der Waals surface area contributed by atoms with Gasteiger partial charge < -0.3 is 15.4 Å². The molecule has 4 rings (SSSR count). The normalized spacial score (nSPS) is 10.7. The van der Waals surface area contributed by atoms with Crippen molar-refractivity contribution in [1.29, 1.82) is 0 Å². The first kappa shape index (κ1) is 19.5. The lowest BCUT2D eigenvalue weighted by molar-refractivity contribution is -0.383. The number of methoxy groups -OCH3 is 1. The lowest BCUT2D eigenvalue weighted by Gasteiger charge is -2.09. The quantitative estimate of drug-likeness (QED) is 0.326. The molecule has 9 nitrogen and oxygen atoms in total. The minimum atomic E-state index is -0.504. The molecular weight excluding hydrogens is 404 g/mol. The summed E-state index contributed by atoms with van der Waals surface area (Å²) in [6.45, 7) is 2.37. The van der Waals surface area contributed by atoms with E-state index < -0.39 is 4.92 Å². The summed E-state index contributed by atoms with van der Waals surface area (Å²) >= 11 is 1.41. The van der Waals surface area contributed by atoms with Crippen LogP contribution in [0.25, 0.3) is 10.2 Å². The van der Waals surface area contributed by atoms with Crippen molar-refractivity contribution in [1.82, 2.24) is 15.0 Å². The van der Waals surface area contributed by atoms with Gasteiger partial charge in [-0.05, 0) is 42.3 Å². The van der Waals surface area contributed by atoms with Crippen molar-refractivity contribution < 1.29 is 9.66 Å². The van der Waals surface area contributed by atoms with Gasteiger partial charge in [-0.25, -0.2) is 15.0 Å². The molecule has 0 radical (unpaired) electrons. The highest BCUT2D eigenvalue weighted by atomic mass is 32.1. The van der Waals surface area contributed by atoms with Crippen LogP contribution < -0.4 is 15.4 Å². The highest BCUT2D eigenvalue weighted by Gasteiger charge is 2.24. The van der Waals surface area contributed by atoms with Crippen molar-refractivity contribution in [2.45, 2.75) is 13.5 Å². The van der Waals surface area contributed by atoms with Crippen LogP contribution >= 0.6 is 11.3 Å². The fraction of sp³-hybridized carbons (Fsp3) is 0.150. The second kappa shape index (κ2) is 8.29. The Labute approximate surface area is 175 Å². The Morgan fingerprint density at radius 3 is 2.63 bits per heavy atom. The number of thiazole rings is 1. The second-order valence-corrected chi connectivity index (χ2v) is 7.52. The first-order valence-corrected chi connectivity index (χ1v) is 9.85. The Kier molecular flexibility index (Phi) is 5.40. The van der Waals surface area contributed by atoms with E-state index in [0.717, 1.165) is 27.1 Å². The van der Waals surface area contributed by atoms with Crippen LogP contribution in [0.3, 0.4) is 0 Å². The van der Waals surface area contributed by atoms with Gasteiger partial charge in [0.1, 0.15) is 12.1 Å². The molecule has 0 atom stereocenters. The van der Waals surface area contributed by atoms with Gasteiger partial charge in [-0.15, -0.1) is 0 Å². The van der Waals surface area contributed by atoms with Crippen LogP contribution in [0.15, 0.2) is 48.8 Å². The van der Waals surface area contributed by atoms with Crippen molar-refractivity contribution in [3.63, 3.8) is 0 Å². The monoisotopic (exact) mass is 422 g/mol. The van der Waals surface area contributed by atoms with Gasteiger partial charge in [-0.2, -0.15) is 0 Å². The molecule has 0 unspecified atom stereocenters. The number of benzene rings is 2. The average molecular weight is 422 g/mol. The molecule has 2 aromatic carbocycles. The van der Waals surface area contributed by atoms with Crippen LogP contribution in [-0.2, 0) is 6.54 Å². The fourth-order valence-electron chi connectivity index (χ4n) is 2.89. The van der Waals surface area contributed by atoms with E-state index in [1.807, 2.05) is 49.4 Å². The van der Waals surface area contributed by atoms with E-state index in [4.69, 9.17) is 4.74 Å². The van der Waals surface area contributed by atoms with Gasteiger partial charge in [0.05, 0.1) is 22.2 Å². The number of aryl methyl sites for hydroxylation is 1. The van der Waals surface area contributed by atoms with Crippen LogP contribution in [-0.4, -0.2) is 27.0 Å². The zero-order chi connectivity index (χ0) is 21.1.